The monoisotopic (exact) mass is 229 g/mol. The standard InChI is InChI=1S/C13H31N3/c1-12(2)14-9-7-8-13(3)16(6)11-10-15(4)5/h12-14H,7-11H2,1-6H3. The Labute approximate surface area is 102 Å². The Balaban J connectivity index is 3.51. The highest BCUT2D eigenvalue weighted by atomic mass is 15.2. The molecule has 0 aromatic heterocycles. The SMILES string of the molecule is CC(C)NCCCC(C)N(C)CCN(C)C. The molecule has 0 rings (SSSR count). The van der Waals surface area contributed by atoms with E-state index in [1.54, 1.807) is 0 Å². The Morgan fingerprint density at radius 2 is 1.62 bits per heavy atom. The Hall–Kier alpha value is -0.120. The van der Waals surface area contributed by atoms with Gasteiger partial charge in [0.2, 0.25) is 0 Å². The second-order valence-electron chi connectivity index (χ2n) is 5.38. The zero-order valence-electron chi connectivity index (χ0n) is 12.1. The van der Waals surface area contributed by atoms with Gasteiger partial charge in [0.05, 0.1) is 0 Å². The molecule has 0 heterocycles. The Kier molecular flexibility index (Phi) is 8.90. The van der Waals surface area contributed by atoms with Gasteiger partial charge >= 0.3 is 0 Å². The summed E-state index contributed by atoms with van der Waals surface area (Å²) >= 11 is 0. The van der Waals surface area contributed by atoms with Crippen LogP contribution in [0.3, 0.4) is 0 Å². The Morgan fingerprint density at radius 3 is 2.12 bits per heavy atom. The van der Waals surface area contributed by atoms with Crippen LogP contribution in [0.2, 0.25) is 0 Å². The lowest BCUT2D eigenvalue weighted by Gasteiger charge is -2.26. The average molecular weight is 229 g/mol. The van der Waals surface area contributed by atoms with Crippen LogP contribution in [0.25, 0.3) is 0 Å². The summed E-state index contributed by atoms with van der Waals surface area (Å²) in [6.45, 7) is 10.2. The molecule has 1 unspecified atom stereocenters. The van der Waals surface area contributed by atoms with Crippen LogP contribution in [-0.2, 0) is 0 Å². The van der Waals surface area contributed by atoms with Gasteiger partial charge in [0.1, 0.15) is 0 Å². The van der Waals surface area contributed by atoms with Crippen LogP contribution in [0, 0.1) is 0 Å². The van der Waals surface area contributed by atoms with E-state index in [9.17, 15) is 0 Å². The predicted molar refractivity (Wildman–Crippen MR) is 73.0 cm³/mol. The lowest BCUT2D eigenvalue weighted by molar-refractivity contribution is 0.217. The summed E-state index contributed by atoms with van der Waals surface area (Å²) in [7, 11) is 6.49. The van der Waals surface area contributed by atoms with Gasteiger partial charge in [-0.1, -0.05) is 13.8 Å². The molecule has 3 heteroatoms. The third kappa shape index (κ3) is 9.13. The lowest BCUT2D eigenvalue weighted by atomic mass is 10.1. The average Bonchev–Trinajstić information content (AvgIpc) is 2.20. The van der Waals surface area contributed by atoms with Crippen LogP contribution in [0.4, 0.5) is 0 Å². The minimum absolute atomic E-state index is 0.613. The minimum Gasteiger partial charge on any atom is -0.315 e. The third-order valence-corrected chi connectivity index (χ3v) is 3.00. The molecule has 3 nitrogen and oxygen atoms in total. The molecular weight excluding hydrogens is 198 g/mol. The van der Waals surface area contributed by atoms with E-state index in [-0.39, 0.29) is 0 Å². The first-order chi connectivity index (χ1) is 7.43. The molecule has 0 saturated carbocycles. The highest BCUT2D eigenvalue weighted by Gasteiger charge is 2.08. The summed E-state index contributed by atoms with van der Waals surface area (Å²) in [6, 6.07) is 1.30. The summed E-state index contributed by atoms with van der Waals surface area (Å²) in [5, 5.41) is 3.46. The molecule has 0 amide bonds. The summed E-state index contributed by atoms with van der Waals surface area (Å²) < 4.78 is 0. The highest BCUT2D eigenvalue weighted by molar-refractivity contribution is 4.65. The maximum atomic E-state index is 3.46. The molecule has 0 spiro atoms. The third-order valence-electron chi connectivity index (χ3n) is 3.00. The molecule has 0 fully saturated rings. The van der Waals surface area contributed by atoms with Crippen molar-refractivity contribution in [2.75, 3.05) is 40.8 Å². The van der Waals surface area contributed by atoms with Crippen LogP contribution >= 0.6 is 0 Å². The van der Waals surface area contributed by atoms with Crippen molar-refractivity contribution in [3.63, 3.8) is 0 Å². The summed E-state index contributed by atoms with van der Waals surface area (Å²) in [5.41, 5.74) is 0. The molecule has 1 atom stereocenters. The van der Waals surface area contributed by atoms with Crippen LogP contribution in [-0.4, -0.2) is 62.7 Å². The fourth-order valence-corrected chi connectivity index (χ4v) is 1.59. The molecule has 0 aliphatic heterocycles. The van der Waals surface area contributed by atoms with Gasteiger partial charge in [-0.15, -0.1) is 0 Å². The van der Waals surface area contributed by atoms with Crippen molar-refractivity contribution in [2.24, 2.45) is 0 Å². The quantitative estimate of drug-likeness (QED) is 0.607. The topological polar surface area (TPSA) is 18.5 Å². The number of nitrogens with zero attached hydrogens (tertiary/aromatic N) is 2. The van der Waals surface area contributed by atoms with E-state index in [0.717, 1.165) is 19.6 Å². The van der Waals surface area contributed by atoms with Gasteiger partial charge in [0, 0.05) is 25.2 Å². The first-order valence-electron chi connectivity index (χ1n) is 6.51. The molecule has 0 saturated heterocycles. The first kappa shape index (κ1) is 15.9. The van der Waals surface area contributed by atoms with E-state index in [2.05, 4.69) is 57.0 Å². The Bertz CT molecular complexity index is 157. The number of nitrogens with one attached hydrogen (secondary N) is 1. The molecule has 1 N–H and O–H groups in total. The van der Waals surface area contributed by atoms with Crippen molar-refractivity contribution in [1.82, 2.24) is 15.1 Å². The van der Waals surface area contributed by atoms with Crippen LogP contribution in [0.15, 0.2) is 0 Å². The van der Waals surface area contributed by atoms with E-state index >= 15 is 0 Å². The fraction of sp³-hybridized carbons (Fsp3) is 1.00. The molecular formula is C13H31N3. The molecule has 98 valence electrons. The minimum atomic E-state index is 0.613. The zero-order valence-corrected chi connectivity index (χ0v) is 12.1. The van der Waals surface area contributed by atoms with Gasteiger partial charge in [0.25, 0.3) is 0 Å². The van der Waals surface area contributed by atoms with Crippen molar-refractivity contribution in [2.45, 2.75) is 45.7 Å². The largest absolute Gasteiger partial charge is 0.315 e. The van der Waals surface area contributed by atoms with E-state index < -0.39 is 0 Å². The highest BCUT2D eigenvalue weighted by Crippen LogP contribution is 2.03. The van der Waals surface area contributed by atoms with Gasteiger partial charge in [-0.3, -0.25) is 0 Å². The molecule has 0 bridgehead atoms. The van der Waals surface area contributed by atoms with Gasteiger partial charge in [-0.2, -0.15) is 0 Å². The van der Waals surface area contributed by atoms with E-state index in [0.29, 0.717) is 12.1 Å². The van der Waals surface area contributed by atoms with E-state index in [4.69, 9.17) is 0 Å². The van der Waals surface area contributed by atoms with Crippen molar-refractivity contribution >= 4 is 0 Å². The molecule has 0 aliphatic carbocycles. The summed E-state index contributed by atoms with van der Waals surface area (Å²) in [4.78, 5) is 4.69. The molecule has 0 aromatic rings. The molecule has 16 heavy (non-hydrogen) atoms. The van der Waals surface area contributed by atoms with Crippen LogP contribution in [0.1, 0.15) is 33.6 Å². The lowest BCUT2D eigenvalue weighted by Crippen LogP contribution is -2.35. The molecule has 0 radical (unpaired) electrons. The normalized spacial score (nSPS) is 14.1. The smallest absolute Gasteiger partial charge is 0.0109 e. The van der Waals surface area contributed by atoms with Crippen molar-refractivity contribution in [1.29, 1.82) is 0 Å². The number of likely N-dealkylation sites (N-methyl/N-ethyl adjacent to an activating group) is 2. The van der Waals surface area contributed by atoms with Gasteiger partial charge in [0.15, 0.2) is 0 Å². The maximum Gasteiger partial charge on any atom is 0.0109 e. The van der Waals surface area contributed by atoms with E-state index in [1.807, 2.05) is 0 Å². The van der Waals surface area contributed by atoms with Crippen molar-refractivity contribution in [3.8, 4) is 0 Å². The second kappa shape index (κ2) is 8.97. The van der Waals surface area contributed by atoms with Crippen LogP contribution in [0.5, 0.6) is 0 Å². The first-order valence-corrected chi connectivity index (χ1v) is 6.51. The summed E-state index contributed by atoms with van der Waals surface area (Å²) in [6.07, 6.45) is 2.55. The van der Waals surface area contributed by atoms with Crippen molar-refractivity contribution in [3.05, 3.63) is 0 Å². The van der Waals surface area contributed by atoms with Gasteiger partial charge in [-0.05, 0) is 47.5 Å². The second-order valence-corrected chi connectivity index (χ2v) is 5.38. The number of rotatable bonds is 9. The van der Waals surface area contributed by atoms with Gasteiger partial charge < -0.3 is 15.1 Å². The predicted octanol–water partition coefficient (Wildman–Crippen LogP) is 1.65. The fourth-order valence-electron chi connectivity index (χ4n) is 1.59. The number of hydrogen-bond acceptors (Lipinski definition) is 3. The van der Waals surface area contributed by atoms with E-state index in [1.165, 1.54) is 12.8 Å². The zero-order chi connectivity index (χ0) is 12.6. The summed E-state index contributed by atoms with van der Waals surface area (Å²) in [5.74, 6) is 0. The van der Waals surface area contributed by atoms with Gasteiger partial charge in [-0.25, -0.2) is 0 Å². The molecule has 0 aliphatic rings. The van der Waals surface area contributed by atoms with Crippen LogP contribution < -0.4 is 5.32 Å². The number of hydrogen-bond donors (Lipinski definition) is 1. The van der Waals surface area contributed by atoms with Crippen molar-refractivity contribution < 1.29 is 0 Å². The maximum absolute atomic E-state index is 3.46. The Morgan fingerprint density at radius 1 is 1.00 bits per heavy atom. The molecule has 0 aromatic carbocycles.